The molecule has 4 unspecified atom stereocenters. The van der Waals surface area contributed by atoms with E-state index in [1.807, 2.05) is 41.3 Å². The molecule has 0 saturated heterocycles. The fraction of sp³-hybridized carbons (Fsp3) is 0.519. The highest BCUT2D eigenvalue weighted by Gasteiger charge is 3.13. The number of halogens is 2. The Morgan fingerprint density at radius 3 is 1.54 bits per heavy atom. The number of carbonyl (C=O) groups excluding carboxylic acids is 10. The zero-order valence-corrected chi connectivity index (χ0v) is 66.0. The third kappa shape index (κ3) is 16.2. The number of hydrogen-bond acceptors (Lipinski definition) is 20. The zero-order valence-electron chi connectivity index (χ0n) is 63.6. The van der Waals surface area contributed by atoms with Gasteiger partial charge in [0.2, 0.25) is 29.5 Å². The summed E-state index contributed by atoms with van der Waals surface area (Å²) in [5, 5.41) is 13.4. The van der Waals surface area contributed by atoms with Gasteiger partial charge in [0, 0.05) is 118 Å². The van der Waals surface area contributed by atoms with Gasteiger partial charge in [-0.3, -0.25) is 48.2 Å². The number of phosphoric acid groups is 1. The third-order valence-electron chi connectivity index (χ3n) is 23.4. The van der Waals surface area contributed by atoms with E-state index in [1.165, 1.54) is 36.0 Å². The van der Waals surface area contributed by atoms with Crippen LogP contribution in [0.3, 0.4) is 0 Å². The Morgan fingerprint density at radius 2 is 1.06 bits per heavy atom. The lowest BCUT2D eigenvalue weighted by atomic mass is 8.92. The van der Waals surface area contributed by atoms with E-state index in [4.69, 9.17) is 71.4 Å². The van der Waals surface area contributed by atoms with Crippen molar-refractivity contribution in [2.75, 3.05) is 160 Å². The van der Waals surface area contributed by atoms with Gasteiger partial charge in [0.25, 0.3) is 11.8 Å². The first-order valence-corrected chi connectivity index (χ1v) is 40.9. The lowest BCUT2D eigenvalue weighted by Gasteiger charge is -3.09. The molecule has 0 bridgehead atoms. The number of ether oxygens (including phenoxy) is 8. The molecule has 4 atom stereocenters. The van der Waals surface area contributed by atoms with Crippen molar-refractivity contribution < 1.29 is 105 Å². The van der Waals surface area contributed by atoms with Gasteiger partial charge in [0.05, 0.1) is 108 Å². The topological polar surface area (TPSA) is 402 Å². The van der Waals surface area contributed by atoms with Crippen molar-refractivity contribution in [3.63, 3.8) is 0 Å². The first kappa shape index (κ1) is 82.9. The maximum atomic E-state index is 15.4. The first-order valence-electron chi connectivity index (χ1n) is 38.3. The van der Waals surface area contributed by atoms with Crippen molar-refractivity contribution >= 4 is 129 Å². The molecule has 3 aliphatic heterocycles. The summed E-state index contributed by atoms with van der Waals surface area (Å²) in [4.78, 5) is 160. The Kier molecular flexibility index (Phi) is 25.9. The summed E-state index contributed by atoms with van der Waals surface area (Å²) in [7, 11) is -1.91. The molecule has 11 amide bonds. The van der Waals surface area contributed by atoms with E-state index in [0.29, 0.717) is 105 Å². The van der Waals surface area contributed by atoms with Gasteiger partial charge in [-0.15, -0.1) is 23.2 Å². The van der Waals surface area contributed by atoms with E-state index < -0.39 is 66.7 Å². The van der Waals surface area contributed by atoms with Gasteiger partial charge in [0.1, 0.15) is 30.2 Å². The predicted octanol–water partition coefficient (Wildman–Crippen LogP) is 6.37. The van der Waals surface area contributed by atoms with E-state index in [9.17, 15) is 52.7 Å². The molecule has 5 aromatic rings. The van der Waals surface area contributed by atoms with E-state index >= 15 is 9.59 Å². The van der Waals surface area contributed by atoms with Crippen LogP contribution in [-0.2, 0) is 77.9 Å². The van der Waals surface area contributed by atoms with Crippen LogP contribution in [0.25, 0.3) is 21.5 Å². The minimum absolute atomic E-state index is 0.00648. The number of rotatable bonds is 43. The summed E-state index contributed by atoms with van der Waals surface area (Å²) in [5.41, 5.74) is 7.82. The second-order valence-corrected chi connectivity index (χ2v) is 31.9. The largest absolute Gasteiger partial charge is 0.524 e. The molecule has 6 aliphatic carbocycles. The average Bonchev–Trinajstić information content (AvgIpc) is 0.637. The molecule has 6 saturated carbocycles. The standard InChI is InChI=1S/C79H95Cl2N10O22P/c1-45(2)70(86-59(92)21-26-105-28-30-107-32-34-109-36-37-110-35-33-108-31-29-106-27-25-89-60(93)19-20-61(89)94)72(96)85-54(14-9-22-83-75(82)99)71(95)84-49-17-15-46(16-18-49)44-111-76(100)87(3)23-24-88(4)77(101)112-57-38-55-62(52-12-7-5-10-50(52)57)47(40-80)42-90(55)73(97)78-64-67-65(78)69-66(78)68(64)79(67,69)74(98)91-43-48(41-81)63-53-13-8-6-11-51(53)58(39-56(63)91)113-114(102,103)104/h5-8,10-13,15-20,38-39,45,47-48,54,64-70H,9,14,21-37,40-44H2,1-4H3,(H,84,95)(H,85,96)(H,86,92)(H3,82,83,99)(H2,102,103,104). The molecular formula is C79H95Cl2N10O22P. The average molecular weight is 1640 g/mol. The molecule has 5 aromatic carbocycles. The molecule has 3 heterocycles. The number of fused-ring (bicyclic) bond motifs is 6. The van der Waals surface area contributed by atoms with Gasteiger partial charge in [-0.2, -0.15) is 0 Å². The number of benzene rings is 5. The molecule has 0 radical (unpaired) electrons. The minimum Gasteiger partial charge on any atom is -0.445 e. The molecule has 114 heavy (non-hydrogen) atoms. The molecule has 14 rings (SSSR count). The number of anilines is 3. The van der Waals surface area contributed by atoms with Gasteiger partial charge in [0.15, 0.2) is 0 Å². The molecule has 6 fully saturated rings. The van der Waals surface area contributed by atoms with Gasteiger partial charge in [-0.05, 0) is 93.9 Å². The van der Waals surface area contributed by atoms with Crippen LogP contribution in [0.2, 0.25) is 0 Å². The second-order valence-electron chi connectivity index (χ2n) is 30.2. The second kappa shape index (κ2) is 35.6. The van der Waals surface area contributed by atoms with E-state index in [-0.39, 0.29) is 179 Å². The lowest BCUT2D eigenvalue weighted by molar-refractivity contribution is -0.623. The van der Waals surface area contributed by atoms with Crippen molar-refractivity contribution in [1.29, 1.82) is 0 Å². The SMILES string of the molecule is CC(C)C(NC(=O)CCOCCOCCOCCOCCOCCOCCN1C(=O)C=CC1=O)C(=O)NC(CCCNC(N)=O)C(=O)Nc1ccc(COC(=O)N(C)CCN(C)C(=O)Oc2cc3c(c4ccccc24)C(CCl)CN3C(=O)C23C4C5C2C2C3C4C52C(=O)N2CC(CCl)c3c2cc(OP(=O)(O)O)c2ccccc32)cc1. The van der Waals surface area contributed by atoms with Crippen molar-refractivity contribution in [2.24, 2.45) is 58.0 Å². The molecule has 612 valence electrons. The molecular weight excluding hydrogens is 1540 g/mol. The Bertz CT molecular complexity index is 4520. The first-order chi connectivity index (χ1) is 54.8. The summed E-state index contributed by atoms with van der Waals surface area (Å²) in [5.74, 6) is -2.43. The highest BCUT2D eigenvalue weighted by atomic mass is 35.5. The molecule has 0 aromatic heterocycles. The van der Waals surface area contributed by atoms with Crippen LogP contribution < -0.4 is 46.1 Å². The summed E-state index contributed by atoms with van der Waals surface area (Å²) in [6, 6.07) is 21.5. The maximum Gasteiger partial charge on any atom is 0.524 e. The van der Waals surface area contributed by atoms with Gasteiger partial charge >= 0.3 is 26.0 Å². The van der Waals surface area contributed by atoms with Gasteiger partial charge in [-0.25, -0.2) is 18.9 Å². The van der Waals surface area contributed by atoms with Crippen molar-refractivity contribution in [3.05, 3.63) is 114 Å². The Labute approximate surface area is 667 Å². The Morgan fingerprint density at radius 1 is 0.605 bits per heavy atom. The molecule has 0 spiro atoms. The van der Waals surface area contributed by atoms with Crippen LogP contribution in [-0.4, -0.2) is 241 Å². The van der Waals surface area contributed by atoms with Gasteiger partial charge < -0.3 is 89.0 Å². The quantitative estimate of drug-likeness (QED) is 0.00964. The van der Waals surface area contributed by atoms with Crippen LogP contribution >= 0.6 is 31.0 Å². The highest BCUT2D eigenvalue weighted by molar-refractivity contribution is 7.46. The van der Waals surface area contributed by atoms with Gasteiger partial charge in [-0.1, -0.05) is 74.5 Å². The number of nitrogens with one attached hydrogen (secondary N) is 4. The fourth-order valence-corrected chi connectivity index (χ4v) is 19.3. The normalized spacial score (nSPS) is 23.1. The zero-order chi connectivity index (χ0) is 80.9. The number of primary amides is 1. The van der Waals surface area contributed by atoms with E-state index in [1.54, 1.807) is 67.3 Å². The smallest absolute Gasteiger partial charge is 0.445 e. The van der Waals surface area contributed by atoms with Crippen LogP contribution in [0, 0.1) is 52.3 Å². The number of nitrogens with zero attached hydrogens (tertiary/aromatic N) is 5. The maximum absolute atomic E-state index is 15.4. The minimum atomic E-state index is -4.97. The van der Waals surface area contributed by atoms with E-state index in [0.717, 1.165) is 21.4 Å². The number of phosphoric ester groups is 1. The number of urea groups is 1. The molecule has 35 heteroatoms. The van der Waals surface area contributed by atoms with Crippen LogP contribution in [0.4, 0.5) is 31.4 Å². The number of hydrogen-bond donors (Lipinski definition) is 7. The van der Waals surface area contributed by atoms with Crippen molar-refractivity contribution in [2.45, 2.75) is 63.6 Å². The summed E-state index contributed by atoms with van der Waals surface area (Å²) >= 11 is 13.3. The number of nitrogens with two attached hydrogens (primary N) is 1. The Hall–Kier alpha value is -9.05. The number of alkyl halides is 2. The lowest BCUT2D eigenvalue weighted by Crippen LogP contribution is -3.12. The number of imide groups is 1. The number of amides is 11. The van der Waals surface area contributed by atoms with Crippen molar-refractivity contribution in [1.82, 2.24) is 30.7 Å². The molecule has 8 N–H and O–H groups in total. The summed E-state index contributed by atoms with van der Waals surface area (Å²) in [6.45, 7) is 7.83. The monoisotopic (exact) mass is 1640 g/mol. The number of likely N-dealkylation sites (N-methyl/N-ethyl adjacent to an activating group) is 2. The number of carbonyl (C=O) groups is 10. The van der Waals surface area contributed by atoms with Crippen molar-refractivity contribution in [3.8, 4) is 11.5 Å². The summed E-state index contributed by atoms with van der Waals surface area (Å²) in [6.07, 6.45) is 1.34. The van der Waals surface area contributed by atoms with Crippen LogP contribution in [0.1, 0.15) is 61.6 Å². The van der Waals surface area contributed by atoms with Crippen LogP contribution in [0.15, 0.2) is 97.1 Å². The Balaban J connectivity index is 0.526. The van der Waals surface area contributed by atoms with Crippen LogP contribution in [0.5, 0.6) is 11.5 Å². The predicted molar refractivity (Wildman–Crippen MR) is 415 cm³/mol. The fourth-order valence-electron chi connectivity index (χ4n) is 18.4. The third-order valence-corrected chi connectivity index (χ3v) is 24.6. The molecule has 32 nitrogen and oxygen atoms in total. The summed E-state index contributed by atoms with van der Waals surface area (Å²) < 4.78 is 62.2. The van der Waals surface area contributed by atoms with E-state index in [2.05, 4.69) is 21.3 Å². The molecule has 9 aliphatic rings. The highest BCUT2D eigenvalue weighted by Crippen LogP contribution is 3.10.